The molecule has 0 aliphatic heterocycles. The number of aromatic carboxylic acids is 1. The monoisotopic (exact) mass is 256 g/mol. The number of hydrogen-bond donors (Lipinski definition) is 2. The number of anilines is 1. The zero-order valence-electron chi connectivity index (χ0n) is 10.1. The van der Waals surface area contributed by atoms with E-state index in [0.717, 1.165) is 11.1 Å². The quantitative estimate of drug-likeness (QED) is 0.873. The molecular formula is C14H12N2O3. The number of nitrogens with two attached hydrogens (primary N) is 1. The molecule has 3 N–H and O–H groups in total. The summed E-state index contributed by atoms with van der Waals surface area (Å²) in [7, 11) is 0. The second kappa shape index (κ2) is 5.27. The van der Waals surface area contributed by atoms with Crippen molar-refractivity contribution in [3.8, 4) is 6.07 Å². The summed E-state index contributed by atoms with van der Waals surface area (Å²) in [6.45, 7) is 0. The fourth-order valence-electron chi connectivity index (χ4n) is 1.81. The van der Waals surface area contributed by atoms with Crippen LogP contribution < -0.4 is 5.73 Å². The van der Waals surface area contributed by atoms with Crippen molar-refractivity contribution in [2.45, 2.75) is 12.8 Å². The van der Waals surface area contributed by atoms with Crippen molar-refractivity contribution in [2.24, 2.45) is 0 Å². The lowest BCUT2D eigenvalue weighted by atomic mass is 10.0. The SMILES string of the molecule is N#Cc1c(CCc2ccc(C(=O)O)cc2)coc1N. The molecular weight excluding hydrogens is 244 g/mol. The number of hydrogen-bond acceptors (Lipinski definition) is 4. The van der Waals surface area contributed by atoms with E-state index in [2.05, 4.69) is 0 Å². The first-order chi connectivity index (χ1) is 9.11. The van der Waals surface area contributed by atoms with Gasteiger partial charge in [-0.2, -0.15) is 5.26 Å². The zero-order chi connectivity index (χ0) is 13.8. The van der Waals surface area contributed by atoms with Gasteiger partial charge in [-0.05, 0) is 30.5 Å². The molecule has 0 amide bonds. The van der Waals surface area contributed by atoms with Crippen molar-refractivity contribution < 1.29 is 14.3 Å². The molecule has 2 aromatic rings. The summed E-state index contributed by atoms with van der Waals surface area (Å²) in [4.78, 5) is 10.7. The van der Waals surface area contributed by atoms with Crippen LogP contribution in [0, 0.1) is 11.3 Å². The van der Waals surface area contributed by atoms with Crippen LogP contribution in [0.5, 0.6) is 0 Å². The Hall–Kier alpha value is -2.74. The van der Waals surface area contributed by atoms with Gasteiger partial charge < -0.3 is 15.3 Å². The number of nitrogen functional groups attached to an aromatic ring is 1. The van der Waals surface area contributed by atoms with Crippen LogP contribution in [-0.2, 0) is 12.8 Å². The van der Waals surface area contributed by atoms with Crippen molar-refractivity contribution in [2.75, 3.05) is 5.73 Å². The molecule has 0 fully saturated rings. The minimum atomic E-state index is -0.944. The van der Waals surface area contributed by atoms with Crippen LogP contribution in [-0.4, -0.2) is 11.1 Å². The van der Waals surface area contributed by atoms with E-state index in [9.17, 15) is 4.79 Å². The molecule has 0 unspecified atom stereocenters. The van der Waals surface area contributed by atoms with Gasteiger partial charge in [0.05, 0.1) is 11.8 Å². The summed E-state index contributed by atoms with van der Waals surface area (Å²) < 4.78 is 5.00. The maximum Gasteiger partial charge on any atom is 0.335 e. The topological polar surface area (TPSA) is 100 Å². The number of nitrogens with zero attached hydrogens (tertiary/aromatic N) is 1. The second-order valence-corrected chi connectivity index (χ2v) is 4.11. The Balaban J connectivity index is 2.06. The highest BCUT2D eigenvalue weighted by Gasteiger charge is 2.10. The third kappa shape index (κ3) is 2.75. The predicted octanol–water partition coefficient (Wildman–Crippen LogP) is 2.22. The van der Waals surface area contributed by atoms with Gasteiger partial charge in [-0.1, -0.05) is 12.1 Å². The maximum atomic E-state index is 10.7. The number of carboxylic acids is 1. The van der Waals surface area contributed by atoms with E-state index < -0.39 is 5.97 Å². The van der Waals surface area contributed by atoms with Gasteiger partial charge in [0.15, 0.2) is 0 Å². The summed E-state index contributed by atoms with van der Waals surface area (Å²) in [5, 5.41) is 17.7. The zero-order valence-corrected chi connectivity index (χ0v) is 10.1. The van der Waals surface area contributed by atoms with Crippen molar-refractivity contribution in [3.05, 3.63) is 52.8 Å². The van der Waals surface area contributed by atoms with Crippen LogP contribution in [0.4, 0.5) is 5.88 Å². The first kappa shape index (κ1) is 12.7. The predicted molar refractivity (Wildman–Crippen MR) is 68.6 cm³/mol. The van der Waals surface area contributed by atoms with Gasteiger partial charge in [-0.25, -0.2) is 4.79 Å². The molecule has 96 valence electrons. The summed E-state index contributed by atoms with van der Waals surface area (Å²) in [5.74, 6) is -0.806. The van der Waals surface area contributed by atoms with Crippen molar-refractivity contribution in [1.29, 1.82) is 5.26 Å². The van der Waals surface area contributed by atoms with E-state index in [4.69, 9.17) is 20.5 Å². The van der Waals surface area contributed by atoms with E-state index in [-0.39, 0.29) is 11.4 Å². The van der Waals surface area contributed by atoms with Gasteiger partial charge in [-0.3, -0.25) is 0 Å². The van der Waals surface area contributed by atoms with E-state index in [1.54, 1.807) is 24.3 Å². The summed E-state index contributed by atoms with van der Waals surface area (Å²) in [5.41, 5.74) is 7.92. The van der Waals surface area contributed by atoms with Crippen molar-refractivity contribution in [3.63, 3.8) is 0 Å². The molecule has 1 heterocycles. The number of carbonyl (C=O) groups is 1. The first-order valence-electron chi connectivity index (χ1n) is 5.70. The Kier molecular flexibility index (Phi) is 3.53. The molecule has 0 aliphatic rings. The van der Waals surface area contributed by atoms with Gasteiger partial charge in [-0.15, -0.1) is 0 Å². The fraction of sp³-hybridized carbons (Fsp3) is 0.143. The molecule has 5 nitrogen and oxygen atoms in total. The minimum Gasteiger partial charge on any atom is -0.478 e. The molecule has 0 spiro atoms. The lowest BCUT2D eigenvalue weighted by molar-refractivity contribution is 0.0697. The van der Waals surface area contributed by atoms with Gasteiger partial charge in [0.2, 0.25) is 5.88 Å². The standard InChI is InChI=1S/C14H12N2O3/c15-7-12-11(8-19-13(12)16)6-3-9-1-4-10(5-2-9)14(17)18/h1-2,4-5,8H,3,6,16H2,(H,17,18). The van der Waals surface area contributed by atoms with Gasteiger partial charge >= 0.3 is 5.97 Å². The molecule has 0 radical (unpaired) electrons. The van der Waals surface area contributed by atoms with Crippen LogP contribution in [0.2, 0.25) is 0 Å². The Labute approximate surface area is 109 Å². The van der Waals surface area contributed by atoms with Crippen LogP contribution >= 0.6 is 0 Å². The average molecular weight is 256 g/mol. The molecule has 5 heteroatoms. The number of aryl methyl sites for hydroxylation is 2. The highest BCUT2D eigenvalue weighted by atomic mass is 16.4. The van der Waals surface area contributed by atoms with E-state index in [1.807, 2.05) is 6.07 Å². The number of nitriles is 1. The molecule has 1 aromatic carbocycles. The van der Waals surface area contributed by atoms with Crippen molar-refractivity contribution >= 4 is 11.9 Å². The molecule has 0 bridgehead atoms. The smallest absolute Gasteiger partial charge is 0.335 e. The van der Waals surface area contributed by atoms with E-state index in [1.165, 1.54) is 6.26 Å². The number of rotatable bonds is 4. The number of benzene rings is 1. The Morgan fingerprint density at radius 1 is 1.32 bits per heavy atom. The van der Waals surface area contributed by atoms with Crippen LogP contribution in [0.3, 0.4) is 0 Å². The Morgan fingerprint density at radius 3 is 2.58 bits per heavy atom. The van der Waals surface area contributed by atoms with Crippen LogP contribution in [0.15, 0.2) is 34.9 Å². The Bertz CT molecular complexity index is 636. The molecule has 19 heavy (non-hydrogen) atoms. The second-order valence-electron chi connectivity index (χ2n) is 4.11. The van der Waals surface area contributed by atoms with E-state index >= 15 is 0 Å². The molecule has 0 saturated carbocycles. The molecule has 0 saturated heterocycles. The summed E-state index contributed by atoms with van der Waals surface area (Å²) >= 11 is 0. The highest BCUT2D eigenvalue weighted by Crippen LogP contribution is 2.20. The molecule has 0 aliphatic carbocycles. The summed E-state index contributed by atoms with van der Waals surface area (Å²) in [6.07, 6.45) is 2.79. The number of furan rings is 1. The number of carboxylic acid groups (broad SMARTS) is 1. The largest absolute Gasteiger partial charge is 0.478 e. The molecule has 2 rings (SSSR count). The van der Waals surface area contributed by atoms with Crippen molar-refractivity contribution in [1.82, 2.24) is 0 Å². The van der Waals surface area contributed by atoms with Gasteiger partial charge in [0.1, 0.15) is 11.6 Å². The van der Waals surface area contributed by atoms with Gasteiger partial charge in [0.25, 0.3) is 0 Å². The Morgan fingerprint density at radius 2 is 2.00 bits per heavy atom. The fourth-order valence-corrected chi connectivity index (χ4v) is 1.81. The minimum absolute atomic E-state index is 0.138. The van der Waals surface area contributed by atoms with Crippen LogP contribution in [0.1, 0.15) is 27.0 Å². The third-order valence-corrected chi connectivity index (χ3v) is 2.89. The lowest BCUT2D eigenvalue weighted by Crippen LogP contribution is -1.97. The molecule has 0 atom stereocenters. The maximum absolute atomic E-state index is 10.7. The third-order valence-electron chi connectivity index (χ3n) is 2.89. The highest BCUT2D eigenvalue weighted by molar-refractivity contribution is 5.87. The van der Waals surface area contributed by atoms with E-state index in [0.29, 0.717) is 18.4 Å². The average Bonchev–Trinajstić information content (AvgIpc) is 2.77. The first-order valence-corrected chi connectivity index (χ1v) is 5.70. The lowest BCUT2D eigenvalue weighted by Gasteiger charge is -2.01. The normalized spacial score (nSPS) is 10.1. The van der Waals surface area contributed by atoms with Crippen LogP contribution in [0.25, 0.3) is 0 Å². The molecule has 1 aromatic heterocycles. The summed E-state index contributed by atoms with van der Waals surface area (Å²) in [6, 6.07) is 8.66. The van der Waals surface area contributed by atoms with Gasteiger partial charge in [0, 0.05) is 5.56 Å².